The highest BCUT2D eigenvalue weighted by Crippen LogP contribution is 2.56. The van der Waals surface area contributed by atoms with Crippen LogP contribution in [0.1, 0.15) is 0 Å². The van der Waals surface area contributed by atoms with Crippen molar-refractivity contribution >= 4 is 11.6 Å². The lowest BCUT2D eigenvalue weighted by atomic mass is 10.2. The molecule has 22 heteroatoms. The van der Waals surface area contributed by atoms with E-state index in [4.69, 9.17) is 0 Å². The quantitative estimate of drug-likeness (QED) is 0.329. The molecule has 1 aromatic rings. The van der Waals surface area contributed by atoms with Gasteiger partial charge in [0.1, 0.15) is 5.75 Å². The molecule has 1 rings (SSSR count). The van der Waals surface area contributed by atoms with Gasteiger partial charge in [-0.25, -0.2) is 0 Å². The average Bonchev–Trinajstić information content (AvgIpc) is 2.70. The van der Waals surface area contributed by atoms with E-state index in [0.29, 0.717) is 12.1 Å². The van der Waals surface area contributed by atoms with Crippen LogP contribution in [0.2, 0.25) is 0 Å². The fourth-order valence-corrected chi connectivity index (χ4v) is 2.05. The van der Waals surface area contributed by atoms with E-state index in [1.807, 2.05) is 4.74 Å². The van der Waals surface area contributed by atoms with Crippen LogP contribution < -0.4 is 10.1 Å². The summed E-state index contributed by atoms with van der Waals surface area (Å²) in [5.41, 5.74) is -0.955. The van der Waals surface area contributed by atoms with Crippen LogP contribution >= 0.6 is 0 Å². The summed E-state index contributed by atoms with van der Waals surface area (Å²) in [5.74, 6) is -26.4. The normalized spacial score (nSPS) is 17.4. The molecular formula is C16H8F17NO4. The lowest BCUT2D eigenvalue weighted by molar-refractivity contribution is -0.548. The van der Waals surface area contributed by atoms with Crippen LogP contribution in [0.4, 0.5) is 80.3 Å². The van der Waals surface area contributed by atoms with E-state index in [-0.39, 0.29) is 5.75 Å². The van der Waals surface area contributed by atoms with Gasteiger partial charge >= 0.3 is 48.4 Å². The maximum Gasteiger partial charge on any atom is 0.462 e. The van der Waals surface area contributed by atoms with Gasteiger partial charge in [-0.05, 0) is 24.3 Å². The Morgan fingerprint density at radius 1 is 0.632 bits per heavy atom. The summed E-state index contributed by atoms with van der Waals surface area (Å²) in [6, 6.07) is 2.80. The number of carbonyl (C=O) groups excluding carboxylic acids is 1. The Hall–Kier alpha value is -2.78. The molecule has 0 heterocycles. The monoisotopic (exact) mass is 601 g/mol. The first-order valence-electron chi connectivity index (χ1n) is 8.67. The summed E-state index contributed by atoms with van der Waals surface area (Å²) in [6.07, 6.45) is -38.6. The van der Waals surface area contributed by atoms with Crippen LogP contribution in [0.15, 0.2) is 24.3 Å². The molecule has 0 unspecified atom stereocenters. The zero-order valence-electron chi connectivity index (χ0n) is 17.4. The Labute approximate surface area is 197 Å². The number of ether oxygens (including phenoxy) is 3. The maximum atomic E-state index is 14.4. The van der Waals surface area contributed by atoms with Gasteiger partial charge in [0, 0.05) is 5.69 Å². The minimum Gasteiger partial charge on any atom is -0.497 e. The fourth-order valence-electron chi connectivity index (χ4n) is 2.05. The van der Waals surface area contributed by atoms with Gasteiger partial charge in [-0.1, -0.05) is 0 Å². The lowest BCUT2D eigenvalue weighted by Crippen LogP contribution is -2.68. The van der Waals surface area contributed by atoms with Gasteiger partial charge in [-0.3, -0.25) is 14.3 Å². The van der Waals surface area contributed by atoms with Crippen LogP contribution in [0.5, 0.6) is 5.75 Å². The van der Waals surface area contributed by atoms with Crippen molar-refractivity contribution in [2.24, 2.45) is 0 Å². The molecule has 0 saturated heterocycles. The molecule has 0 fully saturated rings. The zero-order valence-corrected chi connectivity index (χ0v) is 17.4. The van der Waals surface area contributed by atoms with Crippen LogP contribution in [-0.2, 0) is 14.3 Å². The van der Waals surface area contributed by atoms with Gasteiger partial charge in [0.15, 0.2) is 0 Å². The van der Waals surface area contributed by atoms with Gasteiger partial charge in [0.2, 0.25) is 0 Å². The molecule has 1 N–H and O–H groups in total. The Balaban J connectivity index is 3.59. The highest BCUT2D eigenvalue weighted by Gasteiger charge is 2.85. The first kappa shape index (κ1) is 33.2. The number of amides is 1. The highest BCUT2D eigenvalue weighted by molar-refractivity contribution is 5.96. The molecule has 0 aliphatic rings. The summed E-state index contributed by atoms with van der Waals surface area (Å²) in [6.45, 7) is 0. The maximum absolute atomic E-state index is 14.4. The molecule has 0 bridgehead atoms. The topological polar surface area (TPSA) is 56.8 Å². The van der Waals surface area contributed by atoms with Crippen molar-refractivity contribution in [2.75, 3.05) is 12.4 Å². The van der Waals surface area contributed by atoms with E-state index < -0.39 is 60.0 Å². The smallest absolute Gasteiger partial charge is 0.462 e. The van der Waals surface area contributed by atoms with Crippen LogP contribution in [-0.4, -0.2) is 61.4 Å². The molecule has 0 aliphatic carbocycles. The Morgan fingerprint density at radius 2 is 1.08 bits per heavy atom. The van der Waals surface area contributed by atoms with E-state index in [1.54, 1.807) is 0 Å². The number of halogens is 17. The van der Waals surface area contributed by atoms with Gasteiger partial charge < -0.3 is 10.1 Å². The van der Waals surface area contributed by atoms with E-state index >= 15 is 0 Å². The van der Waals surface area contributed by atoms with Crippen LogP contribution in [0, 0.1) is 0 Å². The average molecular weight is 601 g/mol. The molecule has 0 radical (unpaired) electrons. The van der Waals surface area contributed by atoms with Gasteiger partial charge in [-0.15, -0.1) is 0 Å². The number of hydrogen-bond acceptors (Lipinski definition) is 4. The first-order valence-corrected chi connectivity index (χ1v) is 8.67. The van der Waals surface area contributed by atoms with Crippen molar-refractivity contribution in [3.8, 4) is 5.75 Å². The number of carbonyl (C=O) groups is 1. The predicted octanol–water partition coefficient (Wildman–Crippen LogP) is 6.51. The molecule has 0 spiro atoms. The third-order valence-electron chi connectivity index (χ3n) is 4.00. The summed E-state index contributed by atoms with van der Waals surface area (Å²) < 4.78 is 231. The molecule has 0 aliphatic heterocycles. The molecule has 0 saturated carbocycles. The molecule has 1 amide bonds. The number of benzene rings is 1. The number of anilines is 1. The van der Waals surface area contributed by atoms with Gasteiger partial charge in [0.05, 0.1) is 7.11 Å². The lowest BCUT2D eigenvalue weighted by Gasteiger charge is -2.40. The number of rotatable bonds is 9. The predicted molar refractivity (Wildman–Crippen MR) is 84.5 cm³/mol. The minimum absolute atomic E-state index is 0.0887. The molecule has 1 aromatic carbocycles. The Kier molecular flexibility index (Phi) is 8.54. The van der Waals surface area contributed by atoms with Crippen LogP contribution in [0.3, 0.4) is 0 Å². The van der Waals surface area contributed by atoms with Crippen molar-refractivity contribution < 1.29 is 93.6 Å². The third kappa shape index (κ3) is 5.94. The van der Waals surface area contributed by atoms with E-state index in [1.165, 1.54) is 4.74 Å². The summed E-state index contributed by atoms with van der Waals surface area (Å²) >= 11 is 0. The fraction of sp³-hybridized carbons (Fsp3) is 0.562. The number of methoxy groups -OCH3 is 1. The molecule has 38 heavy (non-hydrogen) atoms. The van der Waals surface area contributed by atoms with E-state index in [0.717, 1.165) is 24.6 Å². The molecule has 2 atom stereocenters. The third-order valence-corrected chi connectivity index (χ3v) is 4.00. The van der Waals surface area contributed by atoms with Crippen LogP contribution in [0.25, 0.3) is 0 Å². The number of alkyl halides is 17. The molecule has 5 nitrogen and oxygen atoms in total. The van der Waals surface area contributed by atoms with Gasteiger partial charge in [0.25, 0.3) is 5.91 Å². The van der Waals surface area contributed by atoms with E-state index in [2.05, 4.69) is 4.74 Å². The second-order valence-corrected chi connectivity index (χ2v) is 6.68. The largest absolute Gasteiger partial charge is 0.497 e. The second kappa shape index (κ2) is 9.75. The second-order valence-electron chi connectivity index (χ2n) is 6.68. The number of nitrogens with one attached hydrogen (secondary N) is 1. The standard InChI is InChI=1S/C16H8F17NO4/c1-36-7-4-2-6(3-5-7)34-8(35)9(17,12(21,22)23)37-16(32,33)11(20,14(27,28)29)38-15(30,31)10(18,19)13(24,25)26/h2-5H,1H3,(H,34,35)/t9-,11+/m0/s1. The summed E-state index contributed by atoms with van der Waals surface area (Å²) in [4.78, 5) is 11.7. The summed E-state index contributed by atoms with van der Waals surface area (Å²) in [5, 5.41) is 0.836. The van der Waals surface area contributed by atoms with Crippen molar-refractivity contribution in [1.29, 1.82) is 0 Å². The van der Waals surface area contributed by atoms with E-state index in [9.17, 15) is 79.4 Å². The van der Waals surface area contributed by atoms with Gasteiger partial charge in [-0.2, -0.15) is 74.6 Å². The molecular weight excluding hydrogens is 593 g/mol. The zero-order chi connectivity index (χ0) is 30.4. The molecule has 0 aromatic heterocycles. The number of hydrogen-bond donors (Lipinski definition) is 1. The summed E-state index contributed by atoms with van der Waals surface area (Å²) in [7, 11) is 1.04. The highest BCUT2D eigenvalue weighted by atomic mass is 19.4. The molecule has 220 valence electrons. The van der Waals surface area contributed by atoms with Crippen molar-refractivity contribution in [2.45, 2.75) is 48.4 Å². The SMILES string of the molecule is COc1ccc(NC(=O)[C@](F)(OC(F)(F)[C@](F)(OC(F)(F)C(F)(F)C(F)(F)F)C(F)(F)F)C(F)(F)F)cc1. The Morgan fingerprint density at radius 3 is 1.42 bits per heavy atom. The van der Waals surface area contributed by atoms with Crippen molar-refractivity contribution in [1.82, 2.24) is 0 Å². The van der Waals surface area contributed by atoms with Crippen molar-refractivity contribution in [3.05, 3.63) is 24.3 Å². The minimum atomic E-state index is -8.07. The van der Waals surface area contributed by atoms with Crippen molar-refractivity contribution in [3.63, 3.8) is 0 Å². The first-order chi connectivity index (χ1) is 16.6. The Bertz CT molecular complexity index is 988.